The number of ether oxygens (including phenoxy) is 1. The van der Waals surface area contributed by atoms with Crippen molar-refractivity contribution in [3.8, 4) is 22.7 Å². The van der Waals surface area contributed by atoms with E-state index >= 15 is 0 Å². The normalized spacial score (nSPS) is 13.3. The van der Waals surface area contributed by atoms with E-state index in [1.807, 2.05) is 66.4 Å². The molecule has 8 heteroatoms. The number of carbonyl (C=O) groups excluding carboxylic acids is 2. The smallest absolute Gasteiger partial charge is 0.321 e. The van der Waals surface area contributed by atoms with Crippen molar-refractivity contribution in [3.63, 3.8) is 0 Å². The van der Waals surface area contributed by atoms with Crippen LogP contribution in [0.1, 0.15) is 21.6 Å². The number of urea groups is 1. The van der Waals surface area contributed by atoms with E-state index in [-0.39, 0.29) is 11.9 Å². The molecule has 0 atom stereocenters. The van der Waals surface area contributed by atoms with Gasteiger partial charge in [-0.25, -0.2) is 4.79 Å². The molecule has 2 heterocycles. The summed E-state index contributed by atoms with van der Waals surface area (Å²) in [5.41, 5.74) is 6.38. The molecule has 1 fully saturated rings. The molecule has 0 spiro atoms. The maximum absolute atomic E-state index is 13.8. The van der Waals surface area contributed by atoms with Crippen LogP contribution in [0, 0.1) is 13.8 Å². The van der Waals surface area contributed by atoms with Gasteiger partial charge in [-0.3, -0.25) is 4.79 Å². The van der Waals surface area contributed by atoms with Gasteiger partial charge in [0.2, 0.25) is 0 Å². The first-order valence-electron chi connectivity index (χ1n) is 12.9. The van der Waals surface area contributed by atoms with Crippen LogP contribution in [0.3, 0.4) is 0 Å². The molecule has 7 nitrogen and oxygen atoms in total. The van der Waals surface area contributed by atoms with Gasteiger partial charge in [-0.05, 0) is 86.1 Å². The molecule has 1 aliphatic rings. The molecule has 0 bridgehead atoms. The summed E-state index contributed by atoms with van der Waals surface area (Å²) in [5.74, 6) is 0.753. The molecule has 0 radical (unpaired) electrons. The molecule has 1 N–H and O–H groups in total. The fraction of sp³-hybridized carbons (Fsp3) is 0.226. The molecule has 1 aliphatic heterocycles. The number of amides is 3. The predicted molar refractivity (Wildman–Crippen MR) is 158 cm³/mol. The zero-order valence-electron chi connectivity index (χ0n) is 22.3. The van der Waals surface area contributed by atoms with Crippen LogP contribution in [-0.2, 0) is 0 Å². The van der Waals surface area contributed by atoms with E-state index in [9.17, 15) is 9.59 Å². The van der Waals surface area contributed by atoms with Gasteiger partial charge in [-0.15, -0.1) is 0 Å². The number of halogens is 1. The minimum absolute atomic E-state index is 0.0268. The van der Waals surface area contributed by atoms with Crippen LogP contribution < -0.4 is 10.1 Å². The second kappa shape index (κ2) is 11.4. The van der Waals surface area contributed by atoms with Crippen molar-refractivity contribution in [3.05, 3.63) is 100 Å². The fourth-order valence-corrected chi connectivity index (χ4v) is 5.11. The van der Waals surface area contributed by atoms with E-state index in [0.717, 1.165) is 38.5 Å². The first kappa shape index (κ1) is 26.6. The summed E-state index contributed by atoms with van der Waals surface area (Å²) in [6.45, 7) is 5.93. The van der Waals surface area contributed by atoms with Crippen LogP contribution in [0.15, 0.2) is 83.3 Å². The van der Waals surface area contributed by atoms with Gasteiger partial charge in [0.1, 0.15) is 5.75 Å². The highest BCUT2D eigenvalue weighted by Gasteiger charge is 2.28. The summed E-state index contributed by atoms with van der Waals surface area (Å²) < 4.78 is 8.43. The van der Waals surface area contributed by atoms with E-state index in [0.29, 0.717) is 31.7 Å². The Labute approximate surface area is 237 Å². The maximum atomic E-state index is 13.8. The molecular weight excluding hydrogens is 556 g/mol. The van der Waals surface area contributed by atoms with Crippen molar-refractivity contribution in [1.82, 2.24) is 14.4 Å². The lowest BCUT2D eigenvalue weighted by atomic mass is 10.1. The number of hydrogen-bond donors (Lipinski definition) is 1. The third-order valence-corrected chi connectivity index (χ3v) is 7.63. The Morgan fingerprint density at radius 2 is 1.44 bits per heavy atom. The molecule has 200 valence electrons. The maximum Gasteiger partial charge on any atom is 0.321 e. The third kappa shape index (κ3) is 5.71. The summed E-state index contributed by atoms with van der Waals surface area (Å²) in [6, 6.07) is 25.5. The zero-order valence-corrected chi connectivity index (χ0v) is 23.9. The monoisotopic (exact) mass is 586 g/mol. The van der Waals surface area contributed by atoms with Crippen molar-refractivity contribution >= 4 is 33.6 Å². The van der Waals surface area contributed by atoms with Gasteiger partial charge in [0, 0.05) is 47.7 Å². The standard InChI is InChI=1S/C31H31BrN4O3/c1-21-4-12-26(13-5-21)36-22(2)28(20-29(36)23-6-14-27(39-3)15-7-23)30(37)34-16-18-35(19-17-34)31(38)33-25-10-8-24(32)9-11-25/h4-15,20H,16-19H2,1-3H3,(H,33,38). The van der Waals surface area contributed by atoms with Crippen LogP contribution in [0.5, 0.6) is 5.75 Å². The molecule has 3 amide bonds. The lowest BCUT2D eigenvalue weighted by Gasteiger charge is -2.34. The van der Waals surface area contributed by atoms with Gasteiger partial charge in [0.05, 0.1) is 18.4 Å². The quantitative estimate of drug-likeness (QED) is 0.289. The van der Waals surface area contributed by atoms with Gasteiger partial charge >= 0.3 is 6.03 Å². The average molecular weight is 588 g/mol. The summed E-state index contributed by atoms with van der Waals surface area (Å²) in [4.78, 5) is 30.1. The highest BCUT2D eigenvalue weighted by atomic mass is 79.9. The molecule has 1 saturated heterocycles. The van der Waals surface area contributed by atoms with E-state index < -0.39 is 0 Å². The van der Waals surface area contributed by atoms with Crippen LogP contribution in [-0.4, -0.2) is 59.6 Å². The van der Waals surface area contributed by atoms with Crippen LogP contribution in [0.2, 0.25) is 0 Å². The van der Waals surface area contributed by atoms with E-state index in [2.05, 4.69) is 57.0 Å². The molecule has 0 unspecified atom stereocenters. The molecule has 39 heavy (non-hydrogen) atoms. The SMILES string of the molecule is COc1ccc(-c2cc(C(=O)N3CCN(C(=O)Nc4ccc(Br)cc4)CC3)c(C)n2-c2ccc(C)cc2)cc1. The minimum atomic E-state index is -0.159. The molecule has 1 aromatic heterocycles. The number of carbonyl (C=O) groups is 2. The molecular formula is C31H31BrN4O3. The highest BCUT2D eigenvalue weighted by molar-refractivity contribution is 9.10. The van der Waals surface area contributed by atoms with E-state index in [1.165, 1.54) is 5.56 Å². The number of hydrogen-bond acceptors (Lipinski definition) is 3. The molecule has 0 aliphatic carbocycles. The van der Waals surface area contributed by atoms with Gasteiger partial charge < -0.3 is 24.4 Å². The highest BCUT2D eigenvalue weighted by Crippen LogP contribution is 2.31. The minimum Gasteiger partial charge on any atom is -0.497 e. The van der Waals surface area contributed by atoms with Crippen molar-refractivity contribution < 1.29 is 14.3 Å². The predicted octanol–water partition coefficient (Wildman–Crippen LogP) is 6.52. The third-order valence-electron chi connectivity index (χ3n) is 7.11. The average Bonchev–Trinajstić information content (AvgIpc) is 3.31. The van der Waals surface area contributed by atoms with Gasteiger partial charge in [0.15, 0.2) is 0 Å². The molecule has 5 rings (SSSR count). The van der Waals surface area contributed by atoms with Crippen LogP contribution >= 0.6 is 15.9 Å². The topological polar surface area (TPSA) is 66.8 Å². The van der Waals surface area contributed by atoms with Crippen molar-refractivity contribution in [2.24, 2.45) is 0 Å². The summed E-state index contributed by atoms with van der Waals surface area (Å²) in [7, 11) is 1.65. The number of piperazine rings is 1. The van der Waals surface area contributed by atoms with E-state index in [1.54, 1.807) is 12.0 Å². The lowest BCUT2D eigenvalue weighted by Crippen LogP contribution is -2.51. The number of aromatic nitrogens is 1. The van der Waals surface area contributed by atoms with Gasteiger partial charge in [-0.1, -0.05) is 33.6 Å². The number of nitrogens with one attached hydrogen (secondary N) is 1. The second-order valence-corrected chi connectivity index (χ2v) is 10.6. The van der Waals surface area contributed by atoms with Crippen molar-refractivity contribution in [2.75, 3.05) is 38.6 Å². The van der Waals surface area contributed by atoms with Crippen LogP contribution in [0.25, 0.3) is 16.9 Å². The van der Waals surface area contributed by atoms with Crippen molar-refractivity contribution in [2.45, 2.75) is 13.8 Å². The Morgan fingerprint density at radius 3 is 2.05 bits per heavy atom. The first-order chi connectivity index (χ1) is 18.8. The van der Waals surface area contributed by atoms with Crippen molar-refractivity contribution in [1.29, 1.82) is 0 Å². The fourth-order valence-electron chi connectivity index (χ4n) is 4.84. The number of benzene rings is 3. The largest absolute Gasteiger partial charge is 0.497 e. The van der Waals surface area contributed by atoms with Gasteiger partial charge in [-0.2, -0.15) is 0 Å². The molecule has 4 aromatic rings. The Kier molecular flexibility index (Phi) is 7.74. The number of rotatable bonds is 5. The molecule has 3 aromatic carbocycles. The number of nitrogens with zero attached hydrogens (tertiary/aromatic N) is 3. The van der Waals surface area contributed by atoms with Crippen LogP contribution in [0.4, 0.5) is 10.5 Å². The number of methoxy groups -OCH3 is 1. The number of anilines is 1. The zero-order chi connectivity index (χ0) is 27.5. The Balaban J connectivity index is 1.36. The van der Waals surface area contributed by atoms with E-state index in [4.69, 9.17) is 4.74 Å². The Bertz CT molecular complexity index is 1470. The number of aryl methyl sites for hydroxylation is 1. The lowest BCUT2D eigenvalue weighted by molar-refractivity contribution is 0.0671. The first-order valence-corrected chi connectivity index (χ1v) is 13.7. The summed E-state index contributed by atoms with van der Waals surface area (Å²) in [6.07, 6.45) is 0. The Hall–Kier alpha value is -4.04. The summed E-state index contributed by atoms with van der Waals surface area (Å²) in [5, 5.41) is 2.93. The molecule has 0 saturated carbocycles. The Morgan fingerprint density at radius 1 is 0.821 bits per heavy atom. The summed E-state index contributed by atoms with van der Waals surface area (Å²) >= 11 is 3.41. The van der Waals surface area contributed by atoms with Gasteiger partial charge in [0.25, 0.3) is 5.91 Å². The second-order valence-electron chi connectivity index (χ2n) is 9.64.